The SMILES string of the molecule is C.CC(C)c1cccc(NC(C(=O)O)c2ccccc2)c1. The molecule has 21 heavy (non-hydrogen) atoms. The molecule has 2 aromatic carbocycles. The van der Waals surface area contributed by atoms with Crippen molar-refractivity contribution in [1.82, 2.24) is 0 Å². The number of rotatable bonds is 5. The van der Waals surface area contributed by atoms with Crippen LogP contribution in [0, 0.1) is 0 Å². The maximum Gasteiger partial charge on any atom is 0.330 e. The van der Waals surface area contributed by atoms with Gasteiger partial charge in [-0.05, 0) is 29.2 Å². The van der Waals surface area contributed by atoms with E-state index in [1.165, 1.54) is 5.56 Å². The Kier molecular flexibility index (Phi) is 5.97. The molecule has 0 saturated heterocycles. The molecule has 0 amide bonds. The second kappa shape index (κ2) is 7.48. The number of carboxylic acids is 1. The number of carbonyl (C=O) groups is 1. The smallest absolute Gasteiger partial charge is 0.330 e. The van der Waals surface area contributed by atoms with Crippen LogP contribution in [-0.4, -0.2) is 11.1 Å². The van der Waals surface area contributed by atoms with Crippen LogP contribution in [-0.2, 0) is 4.79 Å². The lowest BCUT2D eigenvalue weighted by Gasteiger charge is -2.17. The first-order chi connectivity index (χ1) is 9.58. The van der Waals surface area contributed by atoms with Crippen molar-refractivity contribution in [1.29, 1.82) is 0 Å². The van der Waals surface area contributed by atoms with Gasteiger partial charge in [-0.15, -0.1) is 0 Å². The standard InChI is InChI=1S/C17H19NO2.CH4/c1-12(2)14-9-6-10-15(11-14)18-16(17(19)20)13-7-4-3-5-8-13;/h3-12,16,18H,1-2H3,(H,19,20);1H4. The maximum atomic E-state index is 11.5. The molecule has 2 N–H and O–H groups in total. The van der Waals surface area contributed by atoms with Gasteiger partial charge < -0.3 is 10.4 Å². The summed E-state index contributed by atoms with van der Waals surface area (Å²) in [6, 6.07) is 16.4. The van der Waals surface area contributed by atoms with E-state index in [0.29, 0.717) is 5.92 Å². The highest BCUT2D eigenvalue weighted by Gasteiger charge is 2.19. The molecular weight excluding hydrogens is 262 g/mol. The van der Waals surface area contributed by atoms with Crippen LogP contribution in [0.15, 0.2) is 54.6 Å². The average molecular weight is 285 g/mol. The summed E-state index contributed by atoms with van der Waals surface area (Å²) in [5.74, 6) is -0.470. The monoisotopic (exact) mass is 285 g/mol. The molecule has 1 unspecified atom stereocenters. The van der Waals surface area contributed by atoms with Crippen LogP contribution in [0.5, 0.6) is 0 Å². The van der Waals surface area contributed by atoms with E-state index < -0.39 is 12.0 Å². The van der Waals surface area contributed by atoms with E-state index in [4.69, 9.17) is 0 Å². The molecule has 2 aromatic rings. The molecule has 0 heterocycles. The third kappa shape index (κ3) is 4.35. The van der Waals surface area contributed by atoms with Gasteiger partial charge in [-0.2, -0.15) is 0 Å². The van der Waals surface area contributed by atoms with Crippen LogP contribution >= 0.6 is 0 Å². The highest BCUT2D eigenvalue weighted by molar-refractivity contribution is 5.79. The zero-order chi connectivity index (χ0) is 14.5. The zero-order valence-electron chi connectivity index (χ0n) is 11.7. The molecule has 0 bridgehead atoms. The summed E-state index contributed by atoms with van der Waals surface area (Å²) in [5.41, 5.74) is 2.76. The number of aliphatic carboxylic acids is 1. The van der Waals surface area contributed by atoms with Crippen molar-refractivity contribution in [2.24, 2.45) is 0 Å². The molecule has 0 saturated carbocycles. The van der Waals surface area contributed by atoms with Crippen molar-refractivity contribution >= 4 is 11.7 Å². The minimum Gasteiger partial charge on any atom is -0.479 e. The second-order valence-electron chi connectivity index (χ2n) is 5.11. The molecule has 0 aromatic heterocycles. The molecule has 3 nitrogen and oxygen atoms in total. The predicted molar refractivity (Wildman–Crippen MR) is 87.7 cm³/mol. The van der Waals surface area contributed by atoms with E-state index in [-0.39, 0.29) is 7.43 Å². The quantitative estimate of drug-likeness (QED) is 0.838. The first-order valence-corrected chi connectivity index (χ1v) is 6.72. The van der Waals surface area contributed by atoms with Crippen LogP contribution in [0.3, 0.4) is 0 Å². The van der Waals surface area contributed by atoms with Gasteiger partial charge in [0.25, 0.3) is 0 Å². The Morgan fingerprint density at radius 2 is 1.62 bits per heavy atom. The van der Waals surface area contributed by atoms with E-state index in [9.17, 15) is 9.90 Å². The predicted octanol–water partition coefficient (Wildman–Crippen LogP) is 4.68. The Bertz CT molecular complexity index is 579. The summed E-state index contributed by atoms with van der Waals surface area (Å²) in [5, 5.41) is 12.5. The number of anilines is 1. The van der Waals surface area contributed by atoms with Gasteiger partial charge >= 0.3 is 5.97 Å². The van der Waals surface area contributed by atoms with Crippen LogP contribution in [0.1, 0.15) is 44.4 Å². The zero-order valence-corrected chi connectivity index (χ0v) is 11.7. The van der Waals surface area contributed by atoms with Gasteiger partial charge in [0.15, 0.2) is 6.04 Å². The number of hydrogen-bond donors (Lipinski definition) is 2. The van der Waals surface area contributed by atoms with Gasteiger partial charge in [0.05, 0.1) is 0 Å². The Hall–Kier alpha value is -2.29. The third-order valence-electron chi connectivity index (χ3n) is 3.24. The van der Waals surface area contributed by atoms with Crippen molar-refractivity contribution in [2.45, 2.75) is 33.2 Å². The highest BCUT2D eigenvalue weighted by atomic mass is 16.4. The first kappa shape index (κ1) is 16.8. The Morgan fingerprint density at radius 3 is 2.19 bits per heavy atom. The van der Waals surface area contributed by atoms with Gasteiger partial charge in [0.2, 0.25) is 0 Å². The van der Waals surface area contributed by atoms with Crippen molar-refractivity contribution < 1.29 is 9.90 Å². The number of carboxylic acid groups (broad SMARTS) is 1. The first-order valence-electron chi connectivity index (χ1n) is 6.72. The maximum absolute atomic E-state index is 11.5. The molecule has 1 atom stereocenters. The van der Waals surface area contributed by atoms with Crippen LogP contribution < -0.4 is 5.32 Å². The minimum atomic E-state index is -0.883. The van der Waals surface area contributed by atoms with Crippen molar-refractivity contribution in [3.63, 3.8) is 0 Å². The molecule has 112 valence electrons. The summed E-state index contributed by atoms with van der Waals surface area (Å²) in [7, 11) is 0. The van der Waals surface area contributed by atoms with E-state index in [0.717, 1.165) is 11.3 Å². The molecular formula is C18H23NO2. The van der Waals surface area contributed by atoms with E-state index in [1.54, 1.807) is 0 Å². The molecule has 0 aliphatic carbocycles. The number of benzene rings is 2. The van der Waals surface area contributed by atoms with Crippen LogP contribution in [0.4, 0.5) is 5.69 Å². The lowest BCUT2D eigenvalue weighted by atomic mass is 10.0. The van der Waals surface area contributed by atoms with Gasteiger partial charge in [-0.3, -0.25) is 0 Å². The summed E-state index contributed by atoms with van der Waals surface area (Å²) in [4.78, 5) is 11.5. The van der Waals surface area contributed by atoms with Gasteiger partial charge in [-0.1, -0.05) is 63.7 Å². The fraction of sp³-hybridized carbons (Fsp3) is 0.278. The van der Waals surface area contributed by atoms with Crippen molar-refractivity contribution in [3.05, 3.63) is 65.7 Å². The summed E-state index contributed by atoms with van der Waals surface area (Å²) >= 11 is 0. The summed E-state index contributed by atoms with van der Waals surface area (Å²) < 4.78 is 0. The molecule has 0 fully saturated rings. The molecule has 2 rings (SSSR count). The largest absolute Gasteiger partial charge is 0.479 e. The normalized spacial score (nSPS) is 11.6. The Balaban J connectivity index is 0.00000220. The fourth-order valence-corrected chi connectivity index (χ4v) is 2.09. The Morgan fingerprint density at radius 1 is 1.00 bits per heavy atom. The summed E-state index contributed by atoms with van der Waals surface area (Å²) in [6.07, 6.45) is 0. The fourth-order valence-electron chi connectivity index (χ4n) is 2.09. The molecule has 3 heteroatoms. The number of hydrogen-bond acceptors (Lipinski definition) is 2. The molecule has 0 aliphatic heterocycles. The Labute approximate surface area is 126 Å². The average Bonchev–Trinajstić information content (AvgIpc) is 2.45. The molecule has 0 spiro atoms. The van der Waals surface area contributed by atoms with E-state index in [1.807, 2.05) is 54.6 Å². The molecule has 0 aliphatic rings. The lowest BCUT2D eigenvalue weighted by Crippen LogP contribution is -2.20. The third-order valence-corrected chi connectivity index (χ3v) is 3.24. The van der Waals surface area contributed by atoms with Gasteiger partial charge in [0.1, 0.15) is 0 Å². The van der Waals surface area contributed by atoms with Gasteiger partial charge in [-0.25, -0.2) is 4.79 Å². The van der Waals surface area contributed by atoms with Crippen molar-refractivity contribution in [2.75, 3.05) is 5.32 Å². The minimum absolute atomic E-state index is 0. The van der Waals surface area contributed by atoms with E-state index in [2.05, 4.69) is 19.2 Å². The van der Waals surface area contributed by atoms with Gasteiger partial charge in [0, 0.05) is 5.69 Å². The van der Waals surface area contributed by atoms with Crippen LogP contribution in [0.2, 0.25) is 0 Å². The van der Waals surface area contributed by atoms with Crippen molar-refractivity contribution in [3.8, 4) is 0 Å². The highest BCUT2D eigenvalue weighted by Crippen LogP contribution is 2.23. The second-order valence-corrected chi connectivity index (χ2v) is 5.11. The molecule has 0 radical (unpaired) electrons. The van der Waals surface area contributed by atoms with Crippen LogP contribution in [0.25, 0.3) is 0 Å². The summed E-state index contributed by atoms with van der Waals surface area (Å²) in [6.45, 7) is 4.23. The lowest BCUT2D eigenvalue weighted by molar-refractivity contribution is -0.138. The topological polar surface area (TPSA) is 49.3 Å². The number of nitrogens with one attached hydrogen (secondary N) is 1. The van der Waals surface area contributed by atoms with E-state index >= 15 is 0 Å².